The van der Waals surface area contributed by atoms with Crippen LogP contribution in [0, 0.1) is 0 Å². The van der Waals surface area contributed by atoms with Crippen LogP contribution in [-0.4, -0.2) is 52.4 Å². The van der Waals surface area contributed by atoms with E-state index in [0.29, 0.717) is 38.9 Å². The molecular weight excluding hydrogens is 418 g/mol. The summed E-state index contributed by atoms with van der Waals surface area (Å²) in [5.74, 6) is 0.115. The van der Waals surface area contributed by atoms with Gasteiger partial charge in [0.1, 0.15) is 5.60 Å². The fraction of sp³-hybridized carbons (Fsp3) is 0.462. The quantitative estimate of drug-likeness (QED) is 0.696. The molecule has 0 saturated carbocycles. The molecule has 4 rings (SSSR count). The molecule has 1 amide bonds. The fourth-order valence-corrected chi connectivity index (χ4v) is 4.58. The molecule has 33 heavy (non-hydrogen) atoms. The maximum Gasteiger partial charge on any atom is 0.528 e. The summed E-state index contributed by atoms with van der Waals surface area (Å²) >= 11 is 0. The highest BCUT2D eigenvalue weighted by Crippen LogP contribution is 2.35. The molecule has 1 atom stereocenters. The van der Waals surface area contributed by atoms with E-state index in [4.69, 9.17) is 9.57 Å². The van der Waals surface area contributed by atoms with Crippen molar-refractivity contribution in [1.82, 2.24) is 15.3 Å². The molecule has 0 aliphatic carbocycles. The average molecular weight is 452 g/mol. The van der Waals surface area contributed by atoms with Gasteiger partial charge in [0.05, 0.1) is 11.7 Å². The third kappa shape index (κ3) is 5.72. The molecule has 7 nitrogen and oxygen atoms in total. The molecule has 1 N–H and O–H groups in total. The zero-order valence-corrected chi connectivity index (χ0v) is 19.6. The Bertz CT molecular complexity index is 951. The average Bonchev–Trinajstić information content (AvgIpc) is 3.01. The number of carbonyl (C=O) groups excluding carboxylic acids is 2. The van der Waals surface area contributed by atoms with Gasteiger partial charge in [0.25, 0.3) is 0 Å². The first kappa shape index (κ1) is 23.3. The molecule has 7 heteroatoms. The third-order valence-electron chi connectivity index (χ3n) is 6.13. The first-order valence-corrected chi connectivity index (χ1v) is 11.6. The molecule has 0 aromatic heterocycles. The summed E-state index contributed by atoms with van der Waals surface area (Å²) in [6.45, 7) is 7.00. The smallest absolute Gasteiger partial charge is 0.427 e. The van der Waals surface area contributed by atoms with Gasteiger partial charge in [-0.1, -0.05) is 60.7 Å². The lowest BCUT2D eigenvalue weighted by atomic mass is 9.96. The number of piperidine rings is 1. The van der Waals surface area contributed by atoms with Crippen LogP contribution in [0.3, 0.4) is 0 Å². The van der Waals surface area contributed by atoms with Crippen molar-refractivity contribution in [2.24, 2.45) is 0 Å². The number of hydrogen-bond acceptors (Lipinski definition) is 6. The molecule has 176 valence electrons. The van der Waals surface area contributed by atoms with E-state index < -0.39 is 17.4 Å². The molecule has 2 saturated heterocycles. The van der Waals surface area contributed by atoms with Crippen LogP contribution in [0.25, 0.3) is 0 Å². The maximum absolute atomic E-state index is 13.5. The zero-order valence-electron chi connectivity index (χ0n) is 19.6. The van der Waals surface area contributed by atoms with E-state index in [2.05, 4.69) is 17.4 Å². The van der Waals surface area contributed by atoms with E-state index in [9.17, 15) is 9.59 Å². The summed E-state index contributed by atoms with van der Waals surface area (Å²) in [5.41, 5.74) is 1.15. The van der Waals surface area contributed by atoms with Crippen LogP contribution < -0.4 is 5.32 Å². The Kier molecular flexibility index (Phi) is 6.72. The summed E-state index contributed by atoms with van der Waals surface area (Å²) in [6, 6.07) is 19.9. The minimum atomic E-state index is -0.697. The van der Waals surface area contributed by atoms with Gasteiger partial charge in [-0.05, 0) is 38.3 Å². The van der Waals surface area contributed by atoms with Gasteiger partial charge in [-0.3, -0.25) is 10.1 Å². The lowest BCUT2D eigenvalue weighted by Crippen LogP contribution is -2.58. The van der Waals surface area contributed by atoms with E-state index >= 15 is 0 Å². The minimum absolute atomic E-state index is 0.115. The van der Waals surface area contributed by atoms with Gasteiger partial charge in [-0.25, -0.2) is 4.79 Å². The number of carbonyl (C=O) groups is 2. The monoisotopic (exact) mass is 451 g/mol. The number of rotatable bonds is 5. The number of ether oxygens (including phenoxy) is 1. The number of nitrogens with zero attached hydrogens (tertiary/aromatic N) is 2. The van der Waals surface area contributed by atoms with Crippen LogP contribution in [0.4, 0.5) is 4.79 Å². The van der Waals surface area contributed by atoms with E-state index in [1.54, 1.807) is 5.06 Å². The number of amides is 1. The summed E-state index contributed by atoms with van der Waals surface area (Å²) in [7, 11) is 0. The third-order valence-corrected chi connectivity index (χ3v) is 6.13. The Morgan fingerprint density at radius 3 is 2.15 bits per heavy atom. The SMILES string of the molecule is CC(C)(C)OC(=O)ON1CCC2(CC1)NC(Cc1ccccc1)C(=O)N2Cc1ccccc1. The Hall–Kier alpha value is -2.90. The second-order valence-corrected chi connectivity index (χ2v) is 9.81. The molecule has 2 aliphatic heterocycles. The standard InChI is InChI=1S/C26H33N3O4/c1-25(2,3)32-24(31)33-28-16-14-26(15-17-28)27-22(18-20-10-6-4-7-11-20)23(30)29(26)19-21-12-8-5-9-13-21/h4-13,22,27H,14-19H2,1-3H3. The van der Waals surface area contributed by atoms with Crippen molar-refractivity contribution >= 4 is 12.1 Å². The van der Waals surface area contributed by atoms with Crippen LogP contribution in [0.2, 0.25) is 0 Å². The predicted molar refractivity (Wildman–Crippen MR) is 125 cm³/mol. The number of hydroxylamine groups is 2. The largest absolute Gasteiger partial charge is 0.528 e. The van der Waals surface area contributed by atoms with Gasteiger partial charge in [0, 0.05) is 32.5 Å². The Morgan fingerprint density at radius 1 is 1.00 bits per heavy atom. The molecule has 1 unspecified atom stereocenters. The van der Waals surface area contributed by atoms with Crippen LogP contribution in [-0.2, 0) is 27.3 Å². The highest BCUT2D eigenvalue weighted by atomic mass is 16.8. The highest BCUT2D eigenvalue weighted by Gasteiger charge is 2.51. The highest BCUT2D eigenvalue weighted by molar-refractivity contribution is 5.85. The lowest BCUT2D eigenvalue weighted by Gasteiger charge is -2.43. The molecular formula is C26H33N3O4. The van der Waals surface area contributed by atoms with Gasteiger partial charge in [0.2, 0.25) is 5.91 Å². The zero-order chi connectivity index (χ0) is 23.5. The molecule has 2 aliphatic rings. The van der Waals surface area contributed by atoms with Gasteiger partial charge in [0.15, 0.2) is 0 Å². The molecule has 2 aromatic carbocycles. The van der Waals surface area contributed by atoms with Gasteiger partial charge >= 0.3 is 6.16 Å². The summed E-state index contributed by atoms with van der Waals surface area (Å²) in [4.78, 5) is 33.0. The maximum atomic E-state index is 13.5. The van der Waals surface area contributed by atoms with Crippen molar-refractivity contribution in [3.8, 4) is 0 Å². The number of hydrogen-bond donors (Lipinski definition) is 1. The molecule has 2 heterocycles. The molecule has 2 aromatic rings. The van der Waals surface area contributed by atoms with E-state index in [1.165, 1.54) is 0 Å². The molecule has 0 bridgehead atoms. The summed E-state index contributed by atoms with van der Waals surface area (Å²) in [5, 5.41) is 5.30. The van der Waals surface area contributed by atoms with E-state index in [0.717, 1.165) is 11.1 Å². The summed E-state index contributed by atoms with van der Waals surface area (Å²) in [6.07, 6.45) is 1.25. The van der Waals surface area contributed by atoms with Crippen LogP contribution >= 0.6 is 0 Å². The van der Waals surface area contributed by atoms with Gasteiger partial charge < -0.3 is 14.5 Å². The van der Waals surface area contributed by atoms with Crippen molar-refractivity contribution in [3.05, 3.63) is 71.8 Å². The van der Waals surface area contributed by atoms with Crippen molar-refractivity contribution in [3.63, 3.8) is 0 Å². The van der Waals surface area contributed by atoms with E-state index in [-0.39, 0.29) is 11.9 Å². The predicted octanol–water partition coefficient (Wildman–Crippen LogP) is 3.89. The topological polar surface area (TPSA) is 71.1 Å². The lowest BCUT2D eigenvalue weighted by molar-refractivity contribution is -0.169. The minimum Gasteiger partial charge on any atom is -0.427 e. The molecule has 2 fully saturated rings. The molecule has 1 spiro atoms. The van der Waals surface area contributed by atoms with Crippen LogP contribution in [0.1, 0.15) is 44.7 Å². The second kappa shape index (κ2) is 9.53. The number of nitrogens with one attached hydrogen (secondary N) is 1. The normalized spacial score (nSPS) is 20.8. The van der Waals surface area contributed by atoms with E-state index in [1.807, 2.05) is 74.2 Å². The van der Waals surface area contributed by atoms with Gasteiger partial charge in [-0.2, -0.15) is 0 Å². The molecule has 0 radical (unpaired) electrons. The van der Waals surface area contributed by atoms with Gasteiger partial charge in [-0.15, -0.1) is 5.06 Å². The fourth-order valence-electron chi connectivity index (χ4n) is 4.58. The first-order valence-electron chi connectivity index (χ1n) is 11.6. The second-order valence-electron chi connectivity index (χ2n) is 9.81. The Balaban J connectivity index is 1.48. The van der Waals surface area contributed by atoms with Crippen molar-refractivity contribution in [2.75, 3.05) is 13.1 Å². The van der Waals surface area contributed by atoms with Crippen LogP contribution in [0.5, 0.6) is 0 Å². The van der Waals surface area contributed by atoms with Crippen molar-refractivity contribution in [2.45, 2.75) is 63.9 Å². The Labute approximate surface area is 195 Å². The Morgan fingerprint density at radius 2 is 1.58 bits per heavy atom. The number of benzene rings is 2. The summed E-state index contributed by atoms with van der Waals surface area (Å²) < 4.78 is 5.28. The van der Waals surface area contributed by atoms with Crippen LogP contribution in [0.15, 0.2) is 60.7 Å². The van der Waals surface area contributed by atoms with Crippen molar-refractivity contribution in [1.29, 1.82) is 0 Å². The van der Waals surface area contributed by atoms with Crippen molar-refractivity contribution < 1.29 is 19.2 Å². The first-order chi connectivity index (χ1) is 15.7.